The first-order valence-corrected chi connectivity index (χ1v) is 7.17. The van der Waals surface area contributed by atoms with Crippen molar-refractivity contribution in [1.82, 2.24) is 0 Å². The molecule has 6 heteroatoms. The molecule has 0 unspecified atom stereocenters. The monoisotopic (exact) mass is 360 g/mol. The summed E-state index contributed by atoms with van der Waals surface area (Å²) in [6.07, 6.45) is 2.08. The van der Waals surface area contributed by atoms with Gasteiger partial charge in [-0.25, -0.2) is 0 Å². The van der Waals surface area contributed by atoms with E-state index in [9.17, 15) is 0 Å². The second-order valence-corrected chi connectivity index (χ2v) is 6.93. The molecule has 0 nitrogen and oxygen atoms in total. The standard InChI is InChI=1S/C12H6Cl6/c13-8-2-1-6(3-9(8)14)7-4-10(15)11(16)12(17,18)5-7/h1-4H,5H2. The SMILES string of the molecule is ClC1=C(Cl)C(Cl)(Cl)CC(c2ccc(Cl)c(Cl)c2)=C1. The average Bonchev–Trinajstić information content (AvgIpc) is 2.29. The van der Waals surface area contributed by atoms with Crippen LogP contribution in [-0.4, -0.2) is 4.33 Å². The molecule has 0 spiro atoms. The lowest BCUT2D eigenvalue weighted by molar-refractivity contribution is 0.955. The molecular formula is C12H6Cl6. The third-order valence-electron chi connectivity index (χ3n) is 2.53. The quantitative estimate of drug-likeness (QED) is 0.491. The van der Waals surface area contributed by atoms with E-state index < -0.39 is 4.33 Å². The predicted octanol–water partition coefficient (Wildman–Crippen LogP) is 6.64. The Morgan fingerprint density at radius 1 is 0.944 bits per heavy atom. The molecule has 0 saturated carbocycles. The third kappa shape index (κ3) is 2.95. The maximum Gasteiger partial charge on any atom is 0.159 e. The number of alkyl halides is 2. The summed E-state index contributed by atoms with van der Waals surface area (Å²) in [4.78, 5) is 0. The smallest absolute Gasteiger partial charge is 0.0949 e. The molecule has 0 atom stereocenters. The zero-order chi connectivity index (χ0) is 13.5. The number of hydrogen-bond donors (Lipinski definition) is 0. The van der Waals surface area contributed by atoms with Crippen molar-refractivity contribution >= 4 is 75.2 Å². The topological polar surface area (TPSA) is 0 Å². The highest BCUT2D eigenvalue weighted by Gasteiger charge is 2.35. The molecule has 0 amide bonds. The molecule has 1 aromatic carbocycles. The van der Waals surface area contributed by atoms with Crippen molar-refractivity contribution in [1.29, 1.82) is 0 Å². The van der Waals surface area contributed by atoms with Gasteiger partial charge in [0.05, 0.1) is 20.1 Å². The lowest BCUT2D eigenvalue weighted by Crippen LogP contribution is -2.17. The Hall–Kier alpha value is 0.440. The summed E-state index contributed by atoms with van der Waals surface area (Å²) in [7, 11) is 0. The zero-order valence-electron chi connectivity index (χ0n) is 8.78. The Bertz CT molecular complexity index is 556. The molecule has 0 heterocycles. The molecule has 2 rings (SSSR count). The minimum Gasteiger partial charge on any atom is -0.0949 e. The molecule has 0 radical (unpaired) electrons. The zero-order valence-corrected chi connectivity index (χ0v) is 13.3. The van der Waals surface area contributed by atoms with Crippen LogP contribution in [-0.2, 0) is 0 Å². The summed E-state index contributed by atoms with van der Waals surface area (Å²) in [5, 5.41) is 1.51. The van der Waals surface area contributed by atoms with Crippen molar-refractivity contribution in [2.24, 2.45) is 0 Å². The van der Waals surface area contributed by atoms with Crippen molar-refractivity contribution in [2.75, 3.05) is 0 Å². The summed E-state index contributed by atoms with van der Waals surface area (Å²) in [5.41, 5.74) is 1.71. The highest BCUT2D eigenvalue weighted by molar-refractivity contribution is 6.58. The summed E-state index contributed by atoms with van der Waals surface area (Å²) >= 11 is 36.1. The fourth-order valence-corrected chi connectivity index (χ4v) is 2.94. The van der Waals surface area contributed by atoms with Gasteiger partial charge in [-0.2, -0.15) is 0 Å². The first-order valence-electron chi connectivity index (χ1n) is 4.91. The molecule has 1 aromatic rings. The van der Waals surface area contributed by atoms with E-state index >= 15 is 0 Å². The van der Waals surface area contributed by atoms with Crippen LogP contribution in [0.2, 0.25) is 10.0 Å². The van der Waals surface area contributed by atoms with E-state index in [1.807, 2.05) is 6.07 Å². The first-order chi connectivity index (χ1) is 8.31. The van der Waals surface area contributed by atoms with Crippen LogP contribution in [0.1, 0.15) is 12.0 Å². The molecule has 96 valence electrons. The Morgan fingerprint density at radius 3 is 2.17 bits per heavy atom. The number of benzene rings is 1. The molecule has 1 aliphatic carbocycles. The fourth-order valence-electron chi connectivity index (χ4n) is 1.64. The van der Waals surface area contributed by atoms with Crippen LogP contribution in [0, 0.1) is 0 Å². The lowest BCUT2D eigenvalue weighted by atomic mass is 9.96. The van der Waals surface area contributed by atoms with Gasteiger partial charge in [-0.3, -0.25) is 0 Å². The van der Waals surface area contributed by atoms with Crippen molar-refractivity contribution < 1.29 is 0 Å². The van der Waals surface area contributed by atoms with Crippen molar-refractivity contribution in [3.05, 3.63) is 49.9 Å². The highest BCUT2D eigenvalue weighted by Crippen LogP contribution is 2.47. The van der Waals surface area contributed by atoms with Gasteiger partial charge >= 0.3 is 0 Å². The van der Waals surface area contributed by atoms with Crippen molar-refractivity contribution in [3.8, 4) is 0 Å². The Labute approximate surface area is 135 Å². The van der Waals surface area contributed by atoms with Crippen LogP contribution in [0.4, 0.5) is 0 Å². The van der Waals surface area contributed by atoms with Gasteiger partial charge < -0.3 is 0 Å². The lowest BCUT2D eigenvalue weighted by Gasteiger charge is -2.25. The van der Waals surface area contributed by atoms with Crippen molar-refractivity contribution in [2.45, 2.75) is 10.8 Å². The number of halogens is 6. The Kier molecular flexibility index (Phi) is 4.48. The van der Waals surface area contributed by atoms with Crippen LogP contribution >= 0.6 is 69.6 Å². The molecule has 0 bridgehead atoms. The summed E-state index contributed by atoms with van der Waals surface area (Å²) in [5.74, 6) is 0. The van der Waals surface area contributed by atoms with E-state index in [-0.39, 0.29) is 5.03 Å². The highest BCUT2D eigenvalue weighted by atomic mass is 35.5. The summed E-state index contributed by atoms with van der Waals surface area (Å²) in [6, 6.07) is 5.27. The molecule has 0 N–H and O–H groups in total. The minimum absolute atomic E-state index is 0.233. The molecule has 0 aromatic heterocycles. The van der Waals surface area contributed by atoms with E-state index in [0.29, 0.717) is 21.5 Å². The summed E-state index contributed by atoms with van der Waals surface area (Å²) < 4.78 is -1.21. The third-order valence-corrected chi connectivity index (χ3v) is 5.03. The maximum absolute atomic E-state index is 6.12. The van der Waals surface area contributed by atoms with Gasteiger partial charge in [0.1, 0.15) is 0 Å². The van der Waals surface area contributed by atoms with E-state index in [1.54, 1.807) is 18.2 Å². The second kappa shape index (κ2) is 5.44. The fraction of sp³-hybridized carbons (Fsp3) is 0.167. The molecule has 18 heavy (non-hydrogen) atoms. The van der Waals surface area contributed by atoms with E-state index in [4.69, 9.17) is 69.6 Å². The largest absolute Gasteiger partial charge is 0.159 e. The minimum atomic E-state index is -1.21. The van der Waals surface area contributed by atoms with Gasteiger partial charge in [-0.05, 0) is 29.3 Å². The molecule has 0 aliphatic heterocycles. The van der Waals surface area contributed by atoms with Gasteiger partial charge in [-0.1, -0.05) is 75.7 Å². The van der Waals surface area contributed by atoms with E-state index in [0.717, 1.165) is 11.1 Å². The molecular weight excluding hydrogens is 357 g/mol. The first kappa shape index (κ1) is 14.8. The van der Waals surface area contributed by atoms with Crippen LogP contribution in [0.15, 0.2) is 34.3 Å². The van der Waals surface area contributed by atoms with Gasteiger partial charge in [0.2, 0.25) is 0 Å². The number of allylic oxidation sites excluding steroid dienone is 4. The van der Waals surface area contributed by atoms with Gasteiger partial charge in [-0.15, -0.1) is 0 Å². The van der Waals surface area contributed by atoms with Crippen LogP contribution < -0.4 is 0 Å². The van der Waals surface area contributed by atoms with Crippen molar-refractivity contribution in [3.63, 3.8) is 0 Å². The van der Waals surface area contributed by atoms with Gasteiger partial charge in [0.25, 0.3) is 0 Å². The predicted molar refractivity (Wildman–Crippen MR) is 82.2 cm³/mol. The van der Waals surface area contributed by atoms with Gasteiger partial charge in [0, 0.05) is 6.42 Å². The number of rotatable bonds is 1. The molecule has 0 fully saturated rings. The Balaban J connectivity index is 2.47. The number of hydrogen-bond acceptors (Lipinski definition) is 0. The van der Waals surface area contributed by atoms with E-state index in [2.05, 4.69) is 0 Å². The van der Waals surface area contributed by atoms with E-state index in [1.165, 1.54) is 0 Å². The van der Waals surface area contributed by atoms with Crippen LogP contribution in [0.3, 0.4) is 0 Å². The average molecular weight is 363 g/mol. The van der Waals surface area contributed by atoms with Gasteiger partial charge in [0.15, 0.2) is 4.33 Å². The Morgan fingerprint density at radius 2 is 1.61 bits per heavy atom. The molecule has 0 saturated heterocycles. The maximum atomic E-state index is 6.12. The van der Waals surface area contributed by atoms with Crippen LogP contribution in [0.25, 0.3) is 5.57 Å². The second-order valence-electron chi connectivity index (χ2n) is 3.84. The molecule has 1 aliphatic rings. The van der Waals surface area contributed by atoms with Crippen LogP contribution in [0.5, 0.6) is 0 Å². The normalized spacial score (nSPS) is 18.9. The summed E-state index contributed by atoms with van der Waals surface area (Å²) in [6.45, 7) is 0.